The molecule has 1 unspecified atom stereocenters. The number of nitrogens with zero attached hydrogens (tertiary/aromatic N) is 1. The molecule has 0 aromatic heterocycles. The average molecular weight is 242 g/mol. The molecular weight excluding hydrogens is 230 g/mol. The number of carboxylic acids is 1. The first-order valence-corrected chi connectivity index (χ1v) is 5.19. The molecule has 1 aromatic rings. The van der Waals surface area contributed by atoms with Gasteiger partial charge in [-0.15, -0.1) is 0 Å². The Morgan fingerprint density at radius 3 is 3.00 bits per heavy atom. The van der Waals surface area contributed by atoms with E-state index in [1.54, 1.807) is 31.2 Å². The van der Waals surface area contributed by atoms with Crippen LogP contribution in [0.5, 0.6) is 0 Å². The van der Waals surface area contributed by atoms with Crippen LogP contribution in [0.15, 0.2) is 29.4 Å². The third-order valence-electron chi connectivity index (χ3n) is 1.88. The summed E-state index contributed by atoms with van der Waals surface area (Å²) < 4.78 is 0. The molecule has 16 heavy (non-hydrogen) atoms. The maximum Gasteiger partial charge on any atom is 0.347 e. The van der Waals surface area contributed by atoms with Gasteiger partial charge in [-0.1, -0.05) is 35.8 Å². The lowest BCUT2D eigenvalue weighted by molar-refractivity contribution is -0.150. The fourth-order valence-corrected chi connectivity index (χ4v) is 1.24. The molecule has 0 bridgehead atoms. The summed E-state index contributed by atoms with van der Waals surface area (Å²) in [5, 5.41) is 12.9. The highest BCUT2D eigenvalue weighted by molar-refractivity contribution is 6.30. The van der Waals surface area contributed by atoms with Crippen molar-refractivity contribution in [2.24, 2.45) is 5.16 Å². The van der Waals surface area contributed by atoms with Crippen molar-refractivity contribution >= 4 is 23.8 Å². The Hall–Kier alpha value is -1.55. The van der Waals surface area contributed by atoms with E-state index in [2.05, 4.69) is 5.16 Å². The van der Waals surface area contributed by atoms with Gasteiger partial charge in [0.1, 0.15) is 0 Å². The molecule has 0 radical (unpaired) electrons. The lowest BCUT2D eigenvalue weighted by Gasteiger charge is -2.06. The van der Waals surface area contributed by atoms with Crippen molar-refractivity contribution in [1.82, 2.24) is 0 Å². The van der Waals surface area contributed by atoms with E-state index in [-0.39, 0.29) is 0 Å². The van der Waals surface area contributed by atoms with Crippen LogP contribution < -0.4 is 0 Å². The minimum Gasteiger partial charge on any atom is -0.478 e. The van der Waals surface area contributed by atoms with Gasteiger partial charge in [0.15, 0.2) is 0 Å². The highest BCUT2D eigenvalue weighted by Crippen LogP contribution is 2.09. The van der Waals surface area contributed by atoms with Gasteiger partial charge in [0.25, 0.3) is 0 Å². The smallest absolute Gasteiger partial charge is 0.347 e. The third kappa shape index (κ3) is 3.90. The Bertz CT molecular complexity index is 393. The van der Waals surface area contributed by atoms with Crippen LogP contribution in [0.1, 0.15) is 18.9 Å². The first-order chi connectivity index (χ1) is 7.63. The Kier molecular flexibility index (Phi) is 4.79. The molecule has 1 aromatic carbocycles. The topological polar surface area (TPSA) is 58.9 Å². The monoisotopic (exact) mass is 241 g/mol. The maximum absolute atomic E-state index is 10.6. The highest BCUT2D eigenvalue weighted by atomic mass is 35.5. The Morgan fingerprint density at radius 2 is 2.44 bits per heavy atom. The van der Waals surface area contributed by atoms with Crippen molar-refractivity contribution in [1.29, 1.82) is 0 Å². The van der Waals surface area contributed by atoms with Crippen LogP contribution in [0, 0.1) is 0 Å². The van der Waals surface area contributed by atoms with Gasteiger partial charge in [-0.3, -0.25) is 0 Å². The molecule has 0 saturated heterocycles. The van der Waals surface area contributed by atoms with Gasteiger partial charge in [0, 0.05) is 5.02 Å². The van der Waals surface area contributed by atoms with E-state index in [0.717, 1.165) is 5.56 Å². The Balaban J connectivity index is 2.57. The zero-order chi connectivity index (χ0) is 12.0. The summed E-state index contributed by atoms with van der Waals surface area (Å²) in [4.78, 5) is 15.4. The second-order valence-electron chi connectivity index (χ2n) is 3.13. The number of carbonyl (C=O) groups is 1. The van der Waals surface area contributed by atoms with E-state index in [0.29, 0.717) is 11.4 Å². The van der Waals surface area contributed by atoms with Gasteiger partial charge < -0.3 is 9.94 Å². The lowest BCUT2D eigenvalue weighted by Crippen LogP contribution is -2.20. The van der Waals surface area contributed by atoms with E-state index in [1.165, 1.54) is 6.21 Å². The first-order valence-electron chi connectivity index (χ1n) is 4.81. The fourth-order valence-electron chi connectivity index (χ4n) is 1.05. The molecule has 0 heterocycles. The molecule has 0 amide bonds. The molecule has 1 atom stereocenters. The van der Waals surface area contributed by atoms with E-state index < -0.39 is 12.1 Å². The molecule has 0 saturated carbocycles. The molecule has 0 aliphatic heterocycles. The number of rotatable bonds is 5. The van der Waals surface area contributed by atoms with Crippen molar-refractivity contribution in [2.45, 2.75) is 19.4 Å². The first kappa shape index (κ1) is 12.5. The molecule has 0 aliphatic carbocycles. The lowest BCUT2D eigenvalue weighted by atomic mass is 10.2. The summed E-state index contributed by atoms with van der Waals surface area (Å²) >= 11 is 5.77. The largest absolute Gasteiger partial charge is 0.478 e. The van der Waals surface area contributed by atoms with E-state index in [4.69, 9.17) is 21.5 Å². The minimum atomic E-state index is -1.02. The molecule has 86 valence electrons. The maximum atomic E-state index is 10.6. The summed E-state index contributed by atoms with van der Waals surface area (Å²) in [7, 11) is 0. The number of halogens is 1. The van der Waals surface area contributed by atoms with Gasteiger partial charge >= 0.3 is 5.97 Å². The number of hydrogen-bond acceptors (Lipinski definition) is 3. The molecule has 5 heteroatoms. The van der Waals surface area contributed by atoms with E-state index in [1.807, 2.05) is 0 Å². The van der Waals surface area contributed by atoms with Crippen LogP contribution in [-0.2, 0) is 9.63 Å². The van der Waals surface area contributed by atoms with Gasteiger partial charge in [-0.05, 0) is 24.1 Å². The fraction of sp³-hybridized carbons (Fsp3) is 0.273. The van der Waals surface area contributed by atoms with Crippen molar-refractivity contribution in [3.63, 3.8) is 0 Å². The third-order valence-corrected chi connectivity index (χ3v) is 2.12. The summed E-state index contributed by atoms with van der Waals surface area (Å²) in [5.41, 5.74) is 0.757. The van der Waals surface area contributed by atoms with Crippen LogP contribution in [0.3, 0.4) is 0 Å². The second-order valence-corrected chi connectivity index (χ2v) is 3.57. The summed E-state index contributed by atoms with van der Waals surface area (Å²) in [6.07, 6.45) is 0.884. The number of benzene rings is 1. The summed E-state index contributed by atoms with van der Waals surface area (Å²) in [6, 6.07) is 7.01. The highest BCUT2D eigenvalue weighted by Gasteiger charge is 2.15. The standard InChI is InChI=1S/C11H12ClNO3/c1-2-10(11(14)15)16-13-7-8-4-3-5-9(12)6-8/h3-7,10H,2H2,1H3,(H,14,15)/b13-7+. The molecule has 0 aliphatic rings. The molecule has 0 fully saturated rings. The summed E-state index contributed by atoms with van der Waals surface area (Å²) in [6.45, 7) is 1.72. The van der Waals surface area contributed by atoms with Crippen LogP contribution in [0.2, 0.25) is 5.02 Å². The number of carboxylic acid groups (broad SMARTS) is 1. The SMILES string of the molecule is CCC(O/N=C/c1cccc(Cl)c1)C(=O)O. The van der Waals surface area contributed by atoms with Crippen molar-refractivity contribution in [3.8, 4) is 0 Å². The molecule has 1 N–H and O–H groups in total. The average Bonchev–Trinajstić information content (AvgIpc) is 2.24. The van der Waals surface area contributed by atoms with E-state index >= 15 is 0 Å². The van der Waals surface area contributed by atoms with Gasteiger partial charge in [-0.2, -0.15) is 0 Å². The van der Waals surface area contributed by atoms with E-state index in [9.17, 15) is 4.79 Å². The summed E-state index contributed by atoms with van der Waals surface area (Å²) in [5.74, 6) is -1.02. The zero-order valence-corrected chi connectivity index (χ0v) is 9.52. The quantitative estimate of drug-likeness (QED) is 0.637. The number of oxime groups is 1. The zero-order valence-electron chi connectivity index (χ0n) is 8.76. The predicted octanol–water partition coefficient (Wildman–Crippen LogP) is 2.55. The Morgan fingerprint density at radius 1 is 1.69 bits per heavy atom. The van der Waals surface area contributed by atoms with Crippen LogP contribution >= 0.6 is 11.6 Å². The number of hydrogen-bond donors (Lipinski definition) is 1. The van der Waals surface area contributed by atoms with Gasteiger partial charge in [0.2, 0.25) is 6.10 Å². The predicted molar refractivity (Wildman–Crippen MR) is 61.8 cm³/mol. The molecule has 4 nitrogen and oxygen atoms in total. The van der Waals surface area contributed by atoms with Crippen LogP contribution in [0.25, 0.3) is 0 Å². The number of aliphatic carboxylic acids is 1. The van der Waals surface area contributed by atoms with Gasteiger partial charge in [0.05, 0.1) is 6.21 Å². The molecule has 1 rings (SSSR count). The molecule has 0 spiro atoms. The molecular formula is C11H12ClNO3. The van der Waals surface area contributed by atoms with Crippen LogP contribution in [0.4, 0.5) is 0 Å². The van der Waals surface area contributed by atoms with Gasteiger partial charge in [-0.25, -0.2) is 4.79 Å². The van der Waals surface area contributed by atoms with Crippen molar-refractivity contribution in [2.75, 3.05) is 0 Å². The normalized spacial score (nSPS) is 12.6. The van der Waals surface area contributed by atoms with Crippen molar-refractivity contribution < 1.29 is 14.7 Å². The second kappa shape index (κ2) is 6.12. The van der Waals surface area contributed by atoms with Crippen molar-refractivity contribution in [3.05, 3.63) is 34.9 Å². The Labute approximate surface area is 98.5 Å². The minimum absolute atomic E-state index is 0.363. The van der Waals surface area contributed by atoms with Crippen LogP contribution in [-0.4, -0.2) is 23.4 Å².